The van der Waals surface area contributed by atoms with E-state index in [-0.39, 0.29) is 24.0 Å². The highest BCUT2D eigenvalue weighted by molar-refractivity contribution is 7.10. The van der Waals surface area contributed by atoms with Crippen LogP contribution in [0.4, 0.5) is 5.00 Å². The van der Waals surface area contributed by atoms with E-state index in [2.05, 4.69) is 14.9 Å². The van der Waals surface area contributed by atoms with Gasteiger partial charge in [0.15, 0.2) is 5.69 Å². The van der Waals surface area contributed by atoms with Crippen LogP contribution < -0.4 is 11.1 Å². The summed E-state index contributed by atoms with van der Waals surface area (Å²) in [6.07, 6.45) is 0. The quantitative estimate of drug-likeness (QED) is 0.732. The molecular formula is C5H9ClN4OS. The molecule has 0 saturated heterocycles. The van der Waals surface area contributed by atoms with E-state index >= 15 is 0 Å². The number of aromatic nitrogens is 2. The number of anilines is 1. The summed E-state index contributed by atoms with van der Waals surface area (Å²) in [4.78, 5) is 11.0. The lowest BCUT2D eigenvalue weighted by atomic mass is 10.4. The van der Waals surface area contributed by atoms with Crippen molar-refractivity contribution in [1.29, 1.82) is 0 Å². The summed E-state index contributed by atoms with van der Waals surface area (Å²) in [5, 5.41) is 6.50. The molecule has 0 saturated carbocycles. The molecule has 0 spiro atoms. The average Bonchev–Trinajstić information content (AvgIpc) is 2.36. The topological polar surface area (TPSA) is 80.9 Å². The molecule has 0 unspecified atom stereocenters. The smallest absolute Gasteiger partial charge is 0.274 e. The predicted octanol–water partition coefficient (Wildman–Crippen LogP) is 0.292. The molecule has 7 heteroatoms. The van der Waals surface area contributed by atoms with Gasteiger partial charge in [0.25, 0.3) is 5.91 Å². The van der Waals surface area contributed by atoms with Crippen LogP contribution in [0.2, 0.25) is 0 Å². The number of rotatable bonds is 2. The lowest BCUT2D eigenvalue weighted by molar-refractivity contribution is 0.0951. The monoisotopic (exact) mass is 208 g/mol. The van der Waals surface area contributed by atoms with E-state index < -0.39 is 0 Å². The number of hydrogen-bond donors (Lipinski definition) is 2. The van der Waals surface area contributed by atoms with Crippen LogP contribution in [-0.2, 0) is 0 Å². The zero-order valence-corrected chi connectivity index (χ0v) is 8.04. The summed E-state index contributed by atoms with van der Waals surface area (Å²) in [6.45, 7) is 2.39. The number of carbonyl (C=O) groups is 1. The van der Waals surface area contributed by atoms with Crippen LogP contribution in [-0.4, -0.2) is 22.0 Å². The number of amides is 1. The molecule has 0 aliphatic carbocycles. The molecule has 1 aromatic rings. The summed E-state index contributed by atoms with van der Waals surface area (Å²) in [7, 11) is 0. The van der Waals surface area contributed by atoms with Crippen molar-refractivity contribution in [3.63, 3.8) is 0 Å². The third-order valence-corrected chi connectivity index (χ3v) is 1.62. The van der Waals surface area contributed by atoms with E-state index in [0.717, 1.165) is 11.5 Å². The van der Waals surface area contributed by atoms with Crippen LogP contribution in [0.3, 0.4) is 0 Å². The van der Waals surface area contributed by atoms with Gasteiger partial charge in [0, 0.05) is 18.1 Å². The first-order chi connectivity index (χ1) is 5.25. The fraction of sp³-hybridized carbons (Fsp3) is 0.400. The van der Waals surface area contributed by atoms with Crippen molar-refractivity contribution in [2.75, 3.05) is 12.3 Å². The van der Waals surface area contributed by atoms with Crippen molar-refractivity contribution in [2.45, 2.75) is 6.92 Å². The Morgan fingerprint density at radius 2 is 2.42 bits per heavy atom. The van der Waals surface area contributed by atoms with E-state index in [0.29, 0.717) is 11.5 Å². The number of nitrogens with two attached hydrogens (primary N) is 1. The van der Waals surface area contributed by atoms with Crippen LogP contribution >= 0.6 is 23.9 Å². The van der Waals surface area contributed by atoms with Gasteiger partial charge in [-0.25, -0.2) is 0 Å². The summed E-state index contributed by atoms with van der Waals surface area (Å²) in [5.74, 6) is -0.265. The van der Waals surface area contributed by atoms with Crippen molar-refractivity contribution in [1.82, 2.24) is 14.9 Å². The van der Waals surface area contributed by atoms with Crippen LogP contribution in [0.25, 0.3) is 0 Å². The van der Waals surface area contributed by atoms with Gasteiger partial charge in [0.05, 0.1) is 0 Å². The zero-order chi connectivity index (χ0) is 8.27. The number of nitrogens with one attached hydrogen (secondary N) is 1. The minimum Gasteiger partial charge on any atom is -0.387 e. The second-order valence-corrected chi connectivity index (χ2v) is 2.63. The fourth-order valence-corrected chi connectivity index (χ4v) is 1.03. The number of nitrogens with zero attached hydrogens (tertiary/aromatic N) is 2. The Bertz CT molecular complexity index is 264. The molecule has 0 aliphatic heterocycles. The Morgan fingerprint density at radius 3 is 2.83 bits per heavy atom. The average molecular weight is 209 g/mol. The van der Waals surface area contributed by atoms with E-state index in [9.17, 15) is 4.79 Å². The first-order valence-electron chi connectivity index (χ1n) is 3.11. The van der Waals surface area contributed by atoms with E-state index in [1.54, 1.807) is 0 Å². The molecular weight excluding hydrogens is 200 g/mol. The molecule has 68 valence electrons. The molecule has 0 bridgehead atoms. The van der Waals surface area contributed by atoms with Gasteiger partial charge >= 0.3 is 0 Å². The summed E-state index contributed by atoms with van der Waals surface area (Å²) in [5.41, 5.74) is 5.62. The maximum atomic E-state index is 11.0. The van der Waals surface area contributed by atoms with Gasteiger partial charge in [0.2, 0.25) is 0 Å². The highest BCUT2D eigenvalue weighted by Crippen LogP contribution is 2.11. The lowest BCUT2D eigenvalue weighted by Gasteiger charge is -1.96. The Balaban J connectivity index is 0.00000121. The third kappa shape index (κ3) is 2.31. The van der Waals surface area contributed by atoms with Crippen LogP contribution in [0.1, 0.15) is 17.4 Å². The molecule has 1 rings (SSSR count). The van der Waals surface area contributed by atoms with E-state index in [4.69, 9.17) is 5.73 Å². The fourth-order valence-electron chi connectivity index (χ4n) is 0.599. The maximum Gasteiger partial charge on any atom is 0.274 e. The SMILES string of the molecule is CCNC(=O)c1nnsc1N.Cl. The zero-order valence-electron chi connectivity index (χ0n) is 6.40. The summed E-state index contributed by atoms with van der Waals surface area (Å²) >= 11 is 1.01. The molecule has 5 nitrogen and oxygen atoms in total. The molecule has 12 heavy (non-hydrogen) atoms. The molecule has 1 amide bonds. The normalized spacial score (nSPS) is 8.75. The summed E-state index contributed by atoms with van der Waals surface area (Å²) < 4.78 is 3.53. The third-order valence-electron chi connectivity index (χ3n) is 1.07. The second kappa shape index (κ2) is 4.89. The van der Waals surface area contributed by atoms with Gasteiger partial charge in [-0.3, -0.25) is 4.79 Å². The Labute approximate surface area is 79.9 Å². The van der Waals surface area contributed by atoms with E-state index in [1.807, 2.05) is 6.92 Å². The van der Waals surface area contributed by atoms with Crippen molar-refractivity contribution in [2.24, 2.45) is 0 Å². The number of nitrogen functional groups attached to an aromatic ring is 1. The van der Waals surface area contributed by atoms with Crippen molar-refractivity contribution < 1.29 is 4.79 Å². The Morgan fingerprint density at radius 1 is 1.75 bits per heavy atom. The Kier molecular flexibility index (Phi) is 4.53. The molecule has 0 atom stereocenters. The highest BCUT2D eigenvalue weighted by Gasteiger charge is 2.11. The van der Waals surface area contributed by atoms with Crippen LogP contribution in [0.5, 0.6) is 0 Å². The maximum absolute atomic E-state index is 11.0. The predicted molar refractivity (Wildman–Crippen MR) is 49.6 cm³/mol. The highest BCUT2D eigenvalue weighted by atomic mass is 35.5. The largest absolute Gasteiger partial charge is 0.387 e. The van der Waals surface area contributed by atoms with Gasteiger partial charge in [-0.05, 0) is 6.92 Å². The van der Waals surface area contributed by atoms with Gasteiger partial charge in [-0.2, -0.15) is 0 Å². The second-order valence-electron chi connectivity index (χ2n) is 1.85. The standard InChI is InChI=1S/C5H8N4OS.ClH/c1-2-7-5(10)3-4(6)11-9-8-3;/h2,6H2,1H3,(H,7,10);1H. The minimum absolute atomic E-state index is 0. The van der Waals surface area contributed by atoms with Crippen molar-refractivity contribution in [3.8, 4) is 0 Å². The van der Waals surface area contributed by atoms with Crippen molar-refractivity contribution >= 4 is 34.8 Å². The molecule has 0 fully saturated rings. The van der Waals surface area contributed by atoms with Crippen LogP contribution in [0, 0.1) is 0 Å². The van der Waals surface area contributed by atoms with E-state index in [1.165, 1.54) is 0 Å². The number of hydrogen-bond acceptors (Lipinski definition) is 5. The van der Waals surface area contributed by atoms with Crippen molar-refractivity contribution in [3.05, 3.63) is 5.69 Å². The number of halogens is 1. The minimum atomic E-state index is -0.265. The molecule has 0 radical (unpaired) electrons. The molecule has 1 aromatic heterocycles. The first-order valence-corrected chi connectivity index (χ1v) is 3.89. The first kappa shape index (κ1) is 11.1. The van der Waals surface area contributed by atoms with Gasteiger partial charge in [-0.15, -0.1) is 17.5 Å². The molecule has 1 heterocycles. The molecule has 0 aliphatic rings. The number of carbonyl (C=O) groups excluding carboxylic acids is 1. The van der Waals surface area contributed by atoms with Gasteiger partial charge in [0.1, 0.15) is 5.00 Å². The Hall–Kier alpha value is -0.880. The van der Waals surface area contributed by atoms with Gasteiger partial charge in [-0.1, -0.05) is 4.49 Å². The summed E-state index contributed by atoms with van der Waals surface area (Å²) in [6, 6.07) is 0. The lowest BCUT2D eigenvalue weighted by Crippen LogP contribution is -2.23. The molecule has 0 aromatic carbocycles. The molecule has 3 N–H and O–H groups in total. The van der Waals surface area contributed by atoms with Crippen LogP contribution in [0.15, 0.2) is 0 Å². The van der Waals surface area contributed by atoms with Gasteiger partial charge < -0.3 is 11.1 Å².